The summed E-state index contributed by atoms with van der Waals surface area (Å²) in [6.07, 6.45) is 2.20. The number of benzene rings is 1. The maximum atomic E-state index is 11.2. The van der Waals surface area contributed by atoms with E-state index in [0.29, 0.717) is 6.42 Å². The zero-order valence-corrected chi connectivity index (χ0v) is 11.1. The molecule has 2 N–H and O–H groups in total. The van der Waals surface area contributed by atoms with E-state index in [1.54, 1.807) is 12.1 Å². The van der Waals surface area contributed by atoms with Gasteiger partial charge in [0.1, 0.15) is 12.4 Å². The van der Waals surface area contributed by atoms with Crippen molar-refractivity contribution >= 4 is 13.8 Å². The summed E-state index contributed by atoms with van der Waals surface area (Å²) in [7, 11) is -4.53. The molecule has 0 saturated heterocycles. The Bertz CT molecular complexity index is 475. The maximum absolute atomic E-state index is 11.2. The summed E-state index contributed by atoms with van der Waals surface area (Å²) in [5.41, 5.74) is 0.841. The van der Waals surface area contributed by atoms with Gasteiger partial charge < -0.3 is 9.26 Å². The zero-order valence-electron chi connectivity index (χ0n) is 10.2. The van der Waals surface area contributed by atoms with Crippen molar-refractivity contribution in [1.29, 1.82) is 0 Å². The van der Waals surface area contributed by atoms with Crippen LogP contribution >= 0.6 is 7.82 Å². The number of esters is 1. The van der Waals surface area contributed by atoms with Crippen LogP contribution in [0.15, 0.2) is 36.9 Å². The van der Waals surface area contributed by atoms with Crippen molar-refractivity contribution in [3.63, 3.8) is 0 Å². The van der Waals surface area contributed by atoms with Crippen molar-refractivity contribution < 1.29 is 28.4 Å². The summed E-state index contributed by atoms with van der Waals surface area (Å²) >= 11 is 0. The highest BCUT2D eigenvalue weighted by Gasteiger charge is 2.15. The fraction of sp³-hybridized carbons (Fsp3) is 0.250. The van der Waals surface area contributed by atoms with Crippen LogP contribution in [0.5, 0.6) is 5.75 Å². The molecule has 0 amide bonds. The largest absolute Gasteiger partial charge is 0.524 e. The van der Waals surface area contributed by atoms with E-state index in [0.717, 1.165) is 5.56 Å². The standard InChI is InChI=1S/C12H15O6P/c1-2-9-17-12(13)8-5-10-3-6-11(7-4-10)18-19(14,15)16/h2-4,6-7H,1,5,8-9H2,(H2,14,15,16). The predicted octanol–water partition coefficient (Wildman–Crippen LogP) is 1.82. The van der Waals surface area contributed by atoms with Crippen LogP contribution in [-0.2, 0) is 20.5 Å². The Morgan fingerprint density at radius 2 is 1.95 bits per heavy atom. The van der Waals surface area contributed by atoms with Crippen molar-refractivity contribution in [1.82, 2.24) is 0 Å². The molecule has 0 heterocycles. The van der Waals surface area contributed by atoms with Crippen molar-refractivity contribution in [2.24, 2.45) is 0 Å². The van der Waals surface area contributed by atoms with Gasteiger partial charge in [-0.05, 0) is 24.1 Å². The minimum Gasteiger partial charge on any atom is -0.461 e. The molecule has 1 rings (SSSR count). The van der Waals surface area contributed by atoms with E-state index in [9.17, 15) is 9.36 Å². The van der Waals surface area contributed by atoms with Crippen LogP contribution in [0.4, 0.5) is 0 Å². The molecule has 6 nitrogen and oxygen atoms in total. The van der Waals surface area contributed by atoms with Gasteiger partial charge in [-0.2, -0.15) is 0 Å². The lowest BCUT2D eigenvalue weighted by molar-refractivity contribution is -0.142. The van der Waals surface area contributed by atoms with Crippen LogP contribution in [0.25, 0.3) is 0 Å². The molecule has 1 aromatic carbocycles. The fourth-order valence-electron chi connectivity index (χ4n) is 1.32. The Balaban J connectivity index is 2.46. The summed E-state index contributed by atoms with van der Waals surface area (Å²) < 4.78 is 19.8. The molecule has 0 bridgehead atoms. The first-order chi connectivity index (χ1) is 8.90. The molecular formula is C12H15O6P. The minimum absolute atomic E-state index is 0.0753. The molecule has 0 radical (unpaired) electrons. The van der Waals surface area contributed by atoms with Gasteiger partial charge in [-0.3, -0.25) is 14.6 Å². The van der Waals surface area contributed by atoms with Gasteiger partial charge in [0, 0.05) is 6.42 Å². The maximum Gasteiger partial charge on any atom is 0.524 e. The molecule has 19 heavy (non-hydrogen) atoms. The fourth-order valence-corrected chi connectivity index (χ4v) is 1.72. The first-order valence-electron chi connectivity index (χ1n) is 5.51. The van der Waals surface area contributed by atoms with Gasteiger partial charge in [0.25, 0.3) is 0 Å². The molecule has 0 aliphatic rings. The van der Waals surface area contributed by atoms with E-state index in [1.807, 2.05) is 0 Å². The molecule has 0 spiro atoms. The topological polar surface area (TPSA) is 93.1 Å². The van der Waals surface area contributed by atoms with Gasteiger partial charge in [0.2, 0.25) is 0 Å². The van der Waals surface area contributed by atoms with Crippen molar-refractivity contribution in [3.8, 4) is 5.75 Å². The third-order valence-electron chi connectivity index (χ3n) is 2.13. The smallest absolute Gasteiger partial charge is 0.461 e. The number of phosphoric ester groups is 1. The van der Waals surface area contributed by atoms with Gasteiger partial charge in [-0.25, -0.2) is 4.57 Å². The Labute approximate surface area is 110 Å². The second-order valence-corrected chi connectivity index (χ2v) is 4.86. The van der Waals surface area contributed by atoms with E-state index in [1.165, 1.54) is 18.2 Å². The molecule has 0 fully saturated rings. The van der Waals surface area contributed by atoms with Gasteiger partial charge >= 0.3 is 13.8 Å². The van der Waals surface area contributed by atoms with E-state index >= 15 is 0 Å². The van der Waals surface area contributed by atoms with Crippen molar-refractivity contribution in [2.75, 3.05) is 6.61 Å². The molecule has 0 atom stereocenters. The van der Waals surface area contributed by atoms with Gasteiger partial charge in [-0.15, -0.1) is 0 Å². The summed E-state index contributed by atoms with van der Waals surface area (Å²) in [5.74, 6) is -0.248. The Morgan fingerprint density at radius 1 is 1.32 bits per heavy atom. The molecule has 104 valence electrons. The third-order valence-corrected chi connectivity index (χ3v) is 2.58. The second-order valence-electron chi connectivity index (χ2n) is 3.70. The molecular weight excluding hydrogens is 271 g/mol. The number of phosphoric acid groups is 1. The van der Waals surface area contributed by atoms with Crippen LogP contribution in [0, 0.1) is 0 Å². The molecule has 0 aliphatic carbocycles. The number of aryl methyl sites for hydroxylation is 1. The molecule has 0 unspecified atom stereocenters. The molecule has 0 aliphatic heterocycles. The number of rotatable bonds is 7. The monoisotopic (exact) mass is 286 g/mol. The molecule has 1 aromatic rings. The summed E-state index contributed by atoms with van der Waals surface area (Å²) in [4.78, 5) is 28.5. The number of ether oxygens (including phenoxy) is 1. The van der Waals surface area contributed by atoms with Crippen LogP contribution in [-0.4, -0.2) is 22.4 Å². The normalized spacial score (nSPS) is 10.8. The zero-order chi connectivity index (χ0) is 14.3. The lowest BCUT2D eigenvalue weighted by Gasteiger charge is -2.07. The Hall–Kier alpha value is -1.62. The van der Waals surface area contributed by atoms with Crippen LogP contribution < -0.4 is 4.52 Å². The van der Waals surface area contributed by atoms with Gasteiger partial charge in [-0.1, -0.05) is 24.8 Å². The number of hydrogen-bond donors (Lipinski definition) is 2. The van der Waals surface area contributed by atoms with E-state index in [-0.39, 0.29) is 24.7 Å². The van der Waals surface area contributed by atoms with E-state index in [4.69, 9.17) is 14.5 Å². The van der Waals surface area contributed by atoms with Gasteiger partial charge in [0.05, 0.1) is 0 Å². The molecule has 7 heteroatoms. The third kappa shape index (κ3) is 6.76. The Kier molecular flexibility index (Phi) is 5.76. The highest BCUT2D eigenvalue weighted by molar-refractivity contribution is 7.46. The quantitative estimate of drug-likeness (QED) is 0.451. The van der Waals surface area contributed by atoms with Crippen LogP contribution in [0.2, 0.25) is 0 Å². The van der Waals surface area contributed by atoms with Crippen LogP contribution in [0.3, 0.4) is 0 Å². The van der Waals surface area contributed by atoms with Crippen molar-refractivity contribution in [2.45, 2.75) is 12.8 Å². The lowest BCUT2D eigenvalue weighted by Crippen LogP contribution is -2.05. The highest BCUT2D eigenvalue weighted by Crippen LogP contribution is 2.37. The average Bonchev–Trinajstić information content (AvgIpc) is 2.33. The first kappa shape index (κ1) is 15.4. The summed E-state index contributed by atoms with van der Waals surface area (Å²) in [6, 6.07) is 6.13. The predicted molar refractivity (Wildman–Crippen MR) is 68.6 cm³/mol. The average molecular weight is 286 g/mol. The SMILES string of the molecule is C=CCOC(=O)CCc1ccc(OP(=O)(O)O)cc1. The number of hydrogen-bond acceptors (Lipinski definition) is 4. The lowest BCUT2D eigenvalue weighted by atomic mass is 10.1. The number of carbonyl (C=O) groups is 1. The van der Waals surface area contributed by atoms with Crippen molar-refractivity contribution in [3.05, 3.63) is 42.5 Å². The van der Waals surface area contributed by atoms with E-state index in [2.05, 4.69) is 11.1 Å². The molecule has 0 saturated carbocycles. The first-order valence-corrected chi connectivity index (χ1v) is 7.04. The molecule has 0 aromatic heterocycles. The summed E-state index contributed by atoms with van der Waals surface area (Å²) in [5, 5.41) is 0. The van der Waals surface area contributed by atoms with Crippen LogP contribution in [0.1, 0.15) is 12.0 Å². The second kappa shape index (κ2) is 7.09. The Morgan fingerprint density at radius 3 is 2.47 bits per heavy atom. The highest BCUT2D eigenvalue weighted by atomic mass is 31.2. The van der Waals surface area contributed by atoms with E-state index < -0.39 is 7.82 Å². The summed E-state index contributed by atoms with van der Waals surface area (Å²) in [6.45, 7) is 3.62. The van der Waals surface area contributed by atoms with Gasteiger partial charge in [0.15, 0.2) is 0 Å². The number of carbonyl (C=O) groups excluding carboxylic acids is 1. The minimum atomic E-state index is -4.53.